The van der Waals surface area contributed by atoms with Gasteiger partial charge in [-0.15, -0.1) is 0 Å². The Labute approximate surface area is 216 Å². The maximum Gasteiger partial charge on any atom is 0.125 e. The average molecular weight is 502 g/mol. The smallest absolute Gasteiger partial charge is 0.125 e. The van der Waals surface area contributed by atoms with Gasteiger partial charge in [-0.05, 0) is 79.8 Å². The molecule has 35 heavy (non-hydrogen) atoms. The van der Waals surface area contributed by atoms with Crippen LogP contribution in [0.5, 0.6) is 5.75 Å². The lowest BCUT2D eigenvalue weighted by Crippen LogP contribution is -2.51. The van der Waals surface area contributed by atoms with Gasteiger partial charge in [0.25, 0.3) is 0 Å². The Morgan fingerprint density at radius 1 is 0.943 bits per heavy atom. The zero-order chi connectivity index (χ0) is 26.6. The van der Waals surface area contributed by atoms with E-state index in [-0.39, 0.29) is 16.9 Å². The fraction of sp³-hybridized carbons (Fsp3) is 0.600. The molecule has 0 fully saturated rings. The quantitative estimate of drug-likeness (QED) is 0.358. The molecule has 3 atom stereocenters. The van der Waals surface area contributed by atoms with Crippen LogP contribution in [0.2, 0.25) is 0 Å². The van der Waals surface area contributed by atoms with Gasteiger partial charge in [0, 0.05) is 17.7 Å². The van der Waals surface area contributed by atoms with Crippen LogP contribution in [0.1, 0.15) is 96.0 Å². The van der Waals surface area contributed by atoms with Crippen LogP contribution in [0.4, 0.5) is 0 Å². The third-order valence-corrected chi connectivity index (χ3v) is 9.12. The summed E-state index contributed by atoms with van der Waals surface area (Å²) in [5, 5.41) is 11.1. The normalized spacial score (nSPS) is 16.0. The number of nitrogens with one attached hydrogen (secondary N) is 1. The van der Waals surface area contributed by atoms with Crippen molar-refractivity contribution in [3.63, 3.8) is 0 Å². The number of rotatable bonds is 11. The second-order valence-corrected chi connectivity index (χ2v) is 12.6. The molecule has 0 aromatic heterocycles. The summed E-state index contributed by atoms with van der Waals surface area (Å²) < 4.78 is 21.2. The number of hydrogen-bond donors (Lipinski definition) is 2. The number of benzene rings is 2. The van der Waals surface area contributed by atoms with Gasteiger partial charge in [0.2, 0.25) is 0 Å². The Morgan fingerprint density at radius 3 is 1.94 bits per heavy atom. The Morgan fingerprint density at radius 2 is 1.49 bits per heavy atom. The van der Waals surface area contributed by atoms with Crippen LogP contribution in [-0.4, -0.2) is 26.8 Å². The molecule has 0 amide bonds. The minimum Gasteiger partial charge on any atom is -0.487 e. The van der Waals surface area contributed by atoms with Gasteiger partial charge < -0.3 is 9.84 Å². The van der Waals surface area contributed by atoms with Gasteiger partial charge in [0.05, 0.1) is 11.0 Å². The summed E-state index contributed by atoms with van der Waals surface area (Å²) in [6.07, 6.45) is 1.62. The predicted molar refractivity (Wildman–Crippen MR) is 149 cm³/mol. The van der Waals surface area contributed by atoms with Crippen molar-refractivity contribution in [3.05, 3.63) is 64.2 Å². The average Bonchev–Trinajstić information content (AvgIpc) is 2.80. The van der Waals surface area contributed by atoms with E-state index in [1.165, 1.54) is 22.3 Å². The number of hydrogen-bond acceptors (Lipinski definition) is 3. The highest BCUT2D eigenvalue weighted by atomic mass is 32.2. The highest BCUT2D eigenvalue weighted by Crippen LogP contribution is 2.41. The molecule has 2 N–H and O–H groups in total. The Hall–Kier alpha value is -1.69. The molecule has 0 saturated heterocycles. The van der Waals surface area contributed by atoms with E-state index >= 15 is 0 Å². The van der Waals surface area contributed by atoms with E-state index in [4.69, 9.17) is 4.74 Å². The molecule has 4 nitrogen and oxygen atoms in total. The van der Waals surface area contributed by atoms with Gasteiger partial charge in [-0.2, -0.15) is 0 Å². The van der Waals surface area contributed by atoms with E-state index in [2.05, 4.69) is 68.8 Å². The van der Waals surface area contributed by atoms with E-state index in [0.717, 1.165) is 24.2 Å². The zero-order valence-electron chi connectivity index (χ0n) is 23.5. The van der Waals surface area contributed by atoms with Gasteiger partial charge in [0.15, 0.2) is 0 Å². The second-order valence-electron chi connectivity index (χ2n) is 11.0. The summed E-state index contributed by atoms with van der Waals surface area (Å²) in [6, 6.07) is 13.2. The summed E-state index contributed by atoms with van der Waals surface area (Å²) in [4.78, 5) is 0. The van der Waals surface area contributed by atoms with Gasteiger partial charge in [0.1, 0.15) is 17.5 Å². The van der Waals surface area contributed by atoms with Crippen LogP contribution >= 0.6 is 0 Å². The molecule has 0 spiro atoms. The van der Waals surface area contributed by atoms with E-state index in [9.17, 15) is 9.32 Å². The monoisotopic (exact) mass is 501 g/mol. The lowest BCUT2D eigenvalue weighted by Gasteiger charge is -2.41. The van der Waals surface area contributed by atoms with Crippen LogP contribution in [0.15, 0.2) is 36.4 Å². The predicted octanol–water partition coefficient (Wildman–Crippen LogP) is 6.75. The highest BCUT2D eigenvalue weighted by molar-refractivity contribution is 7.82. The van der Waals surface area contributed by atoms with Crippen molar-refractivity contribution in [2.75, 3.05) is 5.75 Å². The highest BCUT2D eigenvalue weighted by Gasteiger charge is 2.42. The summed E-state index contributed by atoms with van der Waals surface area (Å²) in [6.45, 7) is 21.1. The molecule has 0 aliphatic carbocycles. The van der Waals surface area contributed by atoms with Gasteiger partial charge >= 0.3 is 0 Å². The van der Waals surface area contributed by atoms with Crippen molar-refractivity contribution in [2.45, 2.75) is 106 Å². The molecular formula is C30H47NO3S. The van der Waals surface area contributed by atoms with Gasteiger partial charge in [-0.3, -0.25) is 0 Å². The molecule has 2 aromatic rings. The zero-order valence-corrected chi connectivity index (χ0v) is 24.4. The summed E-state index contributed by atoms with van der Waals surface area (Å²) in [5.41, 5.74) is 4.68. The molecule has 196 valence electrons. The lowest BCUT2D eigenvalue weighted by atomic mass is 9.70. The van der Waals surface area contributed by atoms with Crippen LogP contribution in [0.25, 0.3) is 0 Å². The van der Waals surface area contributed by atoms with Crippen molar-refractivity contribution in [2.24, 2.45) is 5.41 Å². The van der Waals surface area contributed by atoms with E-state index < -0.39 is 16.6 Å². The van der Waals surface area contributed by atoms with E-state index in [1.54, 1.807) is 0 Å². The minimum atomic E-state index is -0.989. The largest absolute Gasteiger partial charge is 0.487 e. The van der Waals surface area contributed by atoms with Crippen molar-refractivity contribution >= 4 is 11.0 Å². The van der Waals surface area contributed by atoms with Crippen molar-refractivity contribution in [1.82, 2.24) is 4.72 Å². The molecule has 0 saturated carbocycles. The maximum absolute atomic E-state index is 11.8. The van der Waals surface area contributed by atoms with Crippen LogP contribution in [0.3, 0.4) is 0 Å². The Kier molecular flexibility index (Phi) is 9.77. The molecule has 0 heterocycles. The lowest BCUT2D eigenvalue weighted by molar-refractivity contribution is -0.112. The van der Waals surface area contributed by atoms with Crippen molar-refractivity contribution < 1.29 is 14.1 Å². The molecule has 5 heteroatoms. The SMILES string of the molecule is CCS(=O)NCc1ccc(C(CC)(CC)c2ccc(OC(C)C(C)(O)C(C)(C)C)c(C)c2)cc1C. The van der Waals surface area contributed by atoms with E-state index in [1.807, 2.05) is 41.5 Å². The first-order valence-corrected chi connectivity index (χ1v) is 14.3. The third-order valence-electron chi connectivity index (χ3n) is 8.13. The standard InChI is InChI=1S/C30H47NO3S/c1-11-30(12-2,25-15-14-24(21(4)18-25)20-31-35(33)13-3)26-16-17-27(22(5)19-26)34-23(6)29(10,32)28(7,8)9/h14-19,23,31-32H,11-13,20H2,1-10H3. The van der Waals surface area contributed by atoms with Crippen molar-refractivity contribution in [1.29, 1.82) is 0 Å². The number of aliphatic hydroxyl groups is 1. The van der Waals surface area contributed by atoms with Crippen LogP contribution < -0.4 is 9.46 Å². The van der Waals surface area contributed by atoms with Crippen molar-refractivity contribution in [3.8, 4) is 5.75 Å². The Balaban J connectivity index is 2.38. The Bertz CT molecular complexity index is 1020. The molecule has 2 aromatic carbocycles. The number of aryl methyl sites for hydroxylation is 2. The first-order valence-electron chi connectivity index (χ1n) is 13.0. The molecule has 0 radical (unpaired) electrons. The molecule has 3 unspecified atom stereocenters. The van der Waals surface area contributed by atoms with E-state index in [0.29, 0.717) is 12.3 Å². The topological polar surface area (TPSA) is 58.6 Å². The summed E-state index contributed by atoms with van der Waals surface area (Å²) in [7, 11) is -0.989. The molecule has 0 aliphatic rings. The molecule has 0 aliphatic heterocycles. The molecule has 2 rings (SSSR count). The maximum atomic E-state index is 11.8. The van der Waals surface area contributed by atoms with Gasteiger partial charge in [-0.25, -0.2) is 8.93 Å². The van der Waals surface area contributed by atoms with Crippen LogP contribution in [-0.2, 0) is 22.9 Å². The summed E-state index contributed by atoms with van der Waals surface area (Å²) >= 11 is 0. The minimum absolute atomic E-state index is 0.102. The second kappa shape index (κ2) is 11.6. The molecule has 0 bridgehead atoms. The first kappa shape index (κ1) is 29.5. The fourth-order valence-corrected chi connectivity index (χ4v) is 5.20. The summed E-state index contributed by atoms with van der Waals surface area (Å²) in [5.74, 6) is 1.42. The fourth-order valence-electron chi connectivity index (χ4n) is 4.68. The third kappa shape index (κ3) is 6.36. The molecular weight excluding hydrogens is 454 g/mol. The van der Waals surface area contributed by atoms with Gasteiger partial charge in [-0.1, -0.05) is 71.9 Å². The van der Waals surface area contributed by atoms with Crippen LogP contribution in [0, 0.1) is 19.3 Å². The number of ether oxygens (including phenoxy) is 1. The first-order chi connectivity index (χ1) is 16.2.